The minimum absolute atomic E-state index is 0.187. The minimum atomic E-state index is -1.01. The summed E-state index contributed by atoms with van der Waals surface area (Å²) in [5.41, 5.74) is 0.688. The predicted molar refractivity (Wildman–Crippen MR) is 69.6 cm³/mol. The Kier molecular flexibility index (Phi) is 3.86. The summed E-state index contributed by atoms with van der Waals surface area (Å²) in [4.78, 5) is 27.0. The number of nitrogens with zero attached hydrogens (tertiary/aromatic N) is 3. The van der Waals surface area contributed by atoms with Crippen molar-refractivity contribution in [2.45, 2.75) is 19.9 Å². The Hall–Kier alpha value is -1.87. The lowest BCUT2D eigenvalue weighted by atomic mass is 10.3. The summed E-state index contributed by atoms with van der Waals surface area (Å²) in [5.74, 6) is -1.37. The number of aromatic carboxylic acids is 1. The Morgan fingerprint density at radius 3 is 2.74 bits per heavy atom. The highest BCUT2D eigenvalue weighted by Gasteiger charge is 2.20. The van der Waals surface area contributed by atoms with E-state index in [1.807, 2.05) is 0 Å². The van der Waals surface area contributed by atoms with Gasteiger partial charge in [-0.3, -0.25) is 4.79 Å². The number of hydrogen-bond acceptors (Lipinski definition) is 7. The lowest BCUT2D eigenvalue weighted by molar-refractivity contribution is 0.0701. The lowest BCUT2D eigenvalue weighted by Gasteiger charge is -2.09. The second-order valence-electron chi connectivity index (χ2n) is 3.76. The second-order valence-corrected chi connectivity index (χ2v) is 5.35. The Morgan fingerprint density at radius 2 is 2.21 bits per heavy atom. The van der Waals surface area contributed by atoms with Crippen molar-refractivity contribution in [3.05, 3.63) is 27.5 Å². The second kappa shape index (κ2) is 5.41. The number of aromatic nitrogens is 3. The molecule has 0 fully saturated rings. The summed E-state index contributed by atoms with van der Waals surface area (Å²) in [6.45, 7) is 3.37. The SMILES string of the molecule is Cc1nc(C(C)NC(=O)c2cnsn2)sc1C(=O)O. The van der Waals surface area contributed by atoms with Crippen LogP contribution >= 0.6 is 23.1 Å². The Labute approximate surface area is 116 Å². The van der Waals surface area contributed by atoms with Crippen molar-refractivity contribution in [3.8, 4) is 0 Å². The Bertz CT molecular complexity index is 608. The van der Waals surface area contributed by atoms with E-state index in [1.54, 1.807) is 13.8 Å². The van der Waals surface area contributed by atoms with E-state index in [9.17, 15) is 9.59 Å². The van der Waals surface area contributed by atoms with Crippen LogP contribution < -0.4 is 5.32 Å². The van der Waals surface area contributed by atoms with Crippen LogP contribution in [0.1, 0.15) is 43.8 Å². The van der Waals surface area contributed by atoms with E-state index in [1.165, 1.54) is 6.20 Å². The molecule has 2 aromatic heterocycles. The molecule has 0 aliphatic carbocycles. The van der Waals surface area contributed by atoms with Gasteiger partial charge in [0.05, 0.1) is 29.7 Å². The van der Waals surface area contributed by atoms with E-state index in [0.717, 1.165) is 23.1 Å². The maximum Gasteiger partial charge on any atom is 0.347 e. The van der Waals surface area contributed by atoms with Crippen LogP contribution in [0.3, 0.4) is 0 Å². The first-order chi connectivity index (χ1) is 8.99. The van der Waals surface area contributed by atoms with Gasteiger partial charge >= 0.3 is 5.97 Å². The molecule has 1 atom stereocenters. The predicted octanol–water partition coefficient (Wildman–Crippen LogP) is 1.49. The van der Waals surface area contributed by atoms with E-state index in [0.29, 0.717) is 10.7 Å². The molecule has 2 rings (SSSR count). The van der Waals surface area contributed by atoms with Crippen LogP contribution in [-0.4, -0.2) is 30.7 Å². The Morgan fingerprint density at radius 1 is 1.47 bits per heavy atom. The molecule has 2 heterocycles. The number of aryl methyl sites for hydroxylation is 1. The topological polar surface area (TPSA) is 105 Å². The zero-order valence-electron chi connectivity index (χ0n) is 10.1. The zero-order chi connectivity index (χ0) is 14.0. The van der Waals surface area contributed by atoms with Gasteiger partial charge in [-0.1, -0.05) is 0 Å². The van der Waals surface area contributed by atoms with Gasteiger partial charge in [0, 0.05) is 0 Å². The fraction of sp³-hybridized carbons (Fsp3) is 0.300. The fourth-order valence-electron chi connectivity index (χ4n) is 1.40. The summed E-state index contributed by atoms with van der Waals surface area (Å²) in [5, 5.41) is 12.2. The van der Waals surface area contributed by atoms with Gasteiger partial charge in [0.1, 0.15) is 9.88 Å². The molecule has 0 aromatic carbocycles. The molecule has 1 amide bonds. The van der Waals surface area contributed by atoms with E-state index in [4.69, 9.17) is 5.11 Å². The summed E-state index contributed by atoms with van der Waals surface area (Å²) < 4.78 is 7.56. The zero-order valence-corrected chi connectivity index (χ0v) is 11.7. The van der Waals surface area contributed by atoms with Gasteiger partial charge in [0.25, 0.3) is 5.91 Å². The first-order valence-corrected chi connectivity index (χ1v) is 6.82. The van der Waals surface area contributed by atoms with Crippen molar-refractivity contribution >= 4 is 34.9 Å². The van der Waals surface area contributed by atoms with Crippen molar-refractivity contribution in [1.29, 1.82) is 0 Å². The normalized spacial score (nSPS) is 12.1. The molecule has 1 unspecified atom stereocenters. The molecule has 100 valence electrons. The number of carbonyl (C=O) groups excluding carboxylic acids is 1. The standard InChI is InChI=1S/C10H10N4O3S2/c1-4-7(10(16)17)18-9(13-4)5(2)12-8(15)6-3-11-19-14-6/h3,5H,1-2H3,(H,12,15)(H,16,17). The molecule has 19 heavy (non-hydrogen) atoms. The summed E-state index contributed by atoms with van der Waals surface area (Å²) in [7, 11) is 0. The van der Waals surface area contributed by atoms with Crippen molar-refractivity contribution in [3.63, 3.8) is 0 Å². The minimum Gasteiger partial charge on any atom is -0.477 e. The molecule has 0 radical (unpaired) electrons. The van der Waals surface area contributed by atoms with E-state index in [-0.39, 0.29) is 22.5 Å². The summed E-state index contributed by atoms with van der Waals surface area (Å²) >= 11 is 2.01. The first-order valence-electron chi connectivity index (χ1n) is 5.28. The third-order valence-electron chi connectivity index (χ3n) is 2.32. The number of hydrogen-bond donors (Lipinski definition) is 2. The van der Waals surface area contributed by atoms with Gasteiger partial charge in [-0.15, -0.1) is 11.3 Å². The number of nitrogens with one attached hydrogen (secondary N) is 1. The third kappa shape index (κ3) is 2.93. The highest BCUT2D eigenvalue weighted by Crippen LogP contribution is 2.23. The van der Waals surface area contributed by atoms with Crippen molar-refractivity contribution in [2.24, 2.45) is 0 Å². The first kappa shape index (κ1) is 13.6. The van der Waals surface area contributed by atoms with Crippen LogP contribution in [0, 0.1) is 6.92 Å². The number of thiazole rings is 1. The van der Waals surface area contributed by atoms with Gasteiger partial charge in [0.2, 0.25) is 0 Å². The number of carbonyl (C=O) groups is 2. The summed E-state index contributed by atoms with van der Waals surface area (Å²) in [6, 6.07) is -0.383. The average molecular weight is 298 g/mol. The highest BCUT2D eigenvalue weighted by atomic mass is 32.1. The van der Waals surface area contributed by atoms with Gasteiger partial charge in [-0.05, 0) is 13.8 Å². The fourth-order valence-corrected chi connectivity index (χ4v) is 2.72. The molecule has 0 aliphatic heterocycles. The molecule has 2 aromatic rings. The Balaban J connectivity index is 2.12. The van der Waals surface area contributed by atoms with Crippen molar-refractivity contribution in [1.82, 2.24) is 19.0 Å². The van der Waals surface area contributed by atoms with Gasteiger partial charge in [-0.2, -0.15) is 8.75 Å². The number of carboxylic acids is 1. The monoisotopic (exact) mass is 298 g/mol. The molecule has 0 aliphatic rings. The molecule has 0 spiro atoms. The number of rotatable bonds is 4. The maximum absolute atomic E-state index is 11.8. The van der Waals surface area contributed by atoms with Crippen molar-refractivity contribution in [2.75, 3.05) is 0 Å². The van der Waals surface area contributed by atoms with Crippen LogP contribution in [0.15, 0.2) is 6.20 Å². The largest absolute Gasteiger partial charge is 0.477 e. The molecule has 0 saturated heterocycles. The summed E-state index contributed by atoms with van der Waals surface area (Å²) in [6.07, 6.45) is 1.38. The van der Waals surface area contributed by atoms with Crippen LogP contribution in [-0.2, 0) is 0 Å². The highest BCUT2D eigenvalue weighted by molar-refractivity contribution is 7.13. The third-order valence-corrected chi connectivity index (χ3v) is 4.13. The van der Waals surface area contributed by atoms with E-state index < -0.39 is 5.97 Å². The van der Waals surface area contributed by atoms with Gasteiger partial charge in [0.15, 0.2) is 5.69 Å². The lowest BCUT2D eigenvalue weighted by Crippen LogP contribution is -2.26. The average Bonchev–Trinajstić information content (AvgIpc) is 2.96. The van der Waals surface area contributed by atoms with E-state index in [2.05, 4.69) is 19.0 Å². The van der Waals surface area contributed by atoms with Crippen LogP contribution in [0.4, 0.5) is 0 Å². The van der Waals surface area contributed by atoms with Crippen LogP contribution in [0.5, 0.6) is 0 Å². The molecule has 2 N–H and O–H groups in total. The quantitative estimate of drug-likeness (QED) is 0.886. The van der Waals surface area contributed by atoms with E-state index >= 15 is 0 Å². The molecule has 0 saturated carbocycles. The number of carboxylic acid groups (broad SMARTS) is 1. The molecular formula is C10H10N4O3S2. The van der Waals surface area contributed by atoms with Crippen LogP contribution in [0.25, 0.3) is 0 Å². The van der Waals surface area contributed by atoms with Gasteiger partial charge < -0.3 is 10.4 Å². The molecular weight excluding hydrogens is 288 g/mol. The smallest absolute Gasteiger partial charge is 0.347 e. The maximum atomic E-state index is 11.8. The van der Waals surface area contributed by atoms with Crippen molar-refractivity contribution < 1.29 is 14.7 Å². The molecule has 0 bridgehead atoms. The molecule has 7 nitrogen and oxygen atoms in total. The van der Waals surface area contributed by atoms with Gasteiger partial charge in [-0.25, -0.2) is 9.78 Å². The van der Waals surface area contributed by atoms with Crippen LogP contribution in [0.2, 0.25) is 0 Å². The number of amides is 1. The molecule has 9 heteroatoms.